The van der Waals surface area contributed by atoms with Crippen molar-refractivity contribution in [1.29, 1.82) is 5.26 Å². The SMILES string of the molecule is C=CCN(CCO)c1nc(C)cc(C)c1C#N. The normalized spacial score (nSPS) is 9.76. The summed E-state index contributed by atoms with van der Waals surface area (Å²) in [5.74, 6) is 0.624. The highest BCUT2D eigenvalue weighted by Gasteiger charge is 2.14. The van der Waals surface area contributed by atoms with Crippen molar-refractivity contribution in [2.24, 2.45) is 0 Å². The van der Waals surface area contributed by atoms with Crippen LogP contribution in [-0.4, -0.2) is 29.8 Å². The number of nitrogens with zero attached hydrogens (tertiary/aromatic N) is 3. The molecule has 1 aromatic heterocycles. The lowest BCUT2D eigenvalue weighted by atomic mass is 10.1. The molecule has 0 saturated carbocycles. The third-order valence-corrected chi connectivity index (χ3v) is 2.46. The quantitative estimate of drug-likeness (QED) is 0.781. The number of aliphatic hydroxyl groups is 1. The Kier molecular flexibility index (Phi) is 4.68. The van der Waals surface area contributed by atoms with E-state index >= 15 is 0 Å². The summed E-state index contributed by atoms with van der Waals surface area (Å²) in [6.07, 6.45) is 1.73. The lowest BCUT2D eigenvalue weighted by Crippen LogP contribution is -2.28. The molecule has 0 aliphatic heterocycles. The highest BCUT2D eigenvalue weighted by molar-refractivity contribution is 5.58. The maximum absolute atomic E-state index is 9.17. The molecule has 0 spiro atoms. The Hall–Kier alpha value is -1.86. The van der Waals surface area contributed by atoms with Crippen molar-refractivity contribution in [2.75, 3.05) is 24.6 Å². The number of nitriles is 1. The second-order valence-electron chi connectivity index (χ2n) is 3.85. The summed E-state index contributed by atoms with van der Waals surface area (Å²) in [6.45, 7) is 8.48. The van der Waals surface area contributed by atoms with Gasteiger partial charge in [0.05, 0.1) is 12.2 Å². The molecule has 1 N–H and O–H groups in total. The first-order valence-electron chi connectivity index (χ1n) is 5.49. The molecule has 17 heavy (non-hydrogen) atoms. The number of aryl methyl sites for hydroxylation is 2. The molecular formula is C13H17N3O. The van der Waals surface area contributed by atoms with E-state index in [4.69, 9.17) is 5.11 Å². The summed E-state index contributed by atoms with van der Waals surface area (Å²) in [5, 5.41) is 18.2. The van der Waals surface area contributed by atoms with Crippen molar-refractivity contribution in [3.05, 3.63) is 35.5 Å². The summed E-state index contributed by atoms with van der Waals surface area (Å²) in [5.41, 5.74) is 2.33. The standard InChI is InChI=1S/C13H17N3O/c1-4-5-16(6-7-17)13-12(9-14)10(2)8-11(3)15-13/h4,8,17H,1,5-7H2,2-3H3. The number of hydrogen-bond acceptors (Lipinski definition) is 4. The zero-order valence-electron chi connectivity index (χ0n) is 10.3. The van der Waals surface area contributed by atoms with Gasteiger partial charge in [0.25, 0.3) is 0 Å². The van der Waals surface area contributed by atoms with Gasteiger partial charge < -0.3 is 10.0 Å². The van der Waals surface area contributed by atoms with Crippen LogP contribution in [0.3, 0.4) is 0 Å². The lowest BCUT2D eigenvalue weighted by Gasteiger charge is -2.23. The molecule has 0 amide bonds. The van der Waals surface area contributed by atoms with Crippen LogP contribution in [0.1, 0.15) is 16.8 Å². The Morgan fingerprint density at radius 3 is 2.82 bits per heavy atom. The van der Waals surface area contributed by atoms with Crippen molar-refractivity contribution in [2.45, 2.75) is 13.8 Å². The second kappa shape index (κ2) is 6.02. The molecule has 0 aliphatic rings. The number of hydrogen-bond donors (Lipinski definition) is 1. The van der Waals surface area contributed by atoms with E-state index in [0.717, 1.165) is 11.3 Å². The van der Waals surface area contributed by atoms with Gasteiger partial charge in [0.2, 0.25) is 0 Å². The van der Waals surface area contributed by atoms with Crippen LogP contribution in [0.25, 0.3) is 0 Å². The van der Waals surface area contributed by atoms with Crippen LogP contribution in [0.5, 0.6) is 0 Å². The molecule has 0 bridgehead atoms. The third kappa shape index (κ3) is 3.05. The fraction of sp³-hybridized carbons (Fsp3) is 0.385. The molecule has 90 valence electrons. The molecule has 0 fully saturated rings. The van der Waals surface area contributed by atoms with E-state index in [9.17, 15) is 5.26 Å². The molecule has 1 heterocycles. The number of rotatable bonds is 5. The summed E-state index contributed by atoms with van der Waals surface area (Å²) < 4.78 is 0. The second-order valence-corrected chi connectivity index (χ2v) is 3.85. The van der Waals surface area contributed by atoms with Crippen LogP contribution >= 0.6 is 0 Å². The van der Waals surface area contributed by atoms with E-state index in [1.165, 1.54) is 0 Å². The van der Waals surface area contributed by atoms with Crippen LogP contribution in [0, 0.1) is 25.2 Å². The fourth-order valence-electron chi connectivity index (χ4n) is 1.74. The van der Waals surface area contributed by atoms with Crippen LogP contribution < -0.4 is 4.90 Å². The minimum absolute atomic E-state index is 0.0212. The van der Waals surface area contributed by atoms with Gasteiger partial charge in [-0.3, -0.25) is 0 Å². The molecule has 4 nitrogen and oxygen atoms in total. The van der Waals surface area contributed by atoms with E-state index < -0.39 is 0 Å². The van der Waals surface area contributed by atoms with Crippen molar-refractivity contribution in [3.63, 3.8) is 0 Å². The van der Waals surface area contributed by atoms with Crippen LogP contribution in [0.2, 0.25) is 0 Å². The van der Waals surface area contributed by atoms with Crippen molar-refractivity contribution in [1.82, 2.24) is 4.98 Å². The smallest absolute Gasteiger partial charge is 0.147 e. The molecule has 0 saturated heterocycles. The molecule has 0 radical (unpaired) electrons. The van der Waals surface area contributed by atoms with Gasteiger partial charge in [0, 0.05) is 18.8 Å². The predicted octanol–water partition coefficient (Wildman–Crippen LogP) is 1.55. The molecule has 0 unspecified atom stereocenters. The van der Waals surface area contributed by atoms with Gasteiger partial charge in [-0.05, 0) is 25.5 Å². The van der Waals surface area contributed by atoms with Crippen molar-refractivity contribution in [3.8, 4) is 6.07 Å². The number of aliphatic hydroxyl groups excluding tert-OH is 1. The summed E-state index contributed by atoms with van der Waals surface area (Å²) in [6, 6.07) is 4.05. The molecule has 4 heteroatoms. The molecule has 0 aliphatic carbocycles. The van der Waals surface area contributed by atoms with E-state index in [0.29, 0.717) is 24.5 Å². The molecule has 0 aromatic carbocycles. The molecular weight excluding hydrogens is 214 g/mol. The molecule has 1 rings (SSSR count). The Morgan fingerprint density at radius 1 is 1.59 bits per heavy atom. The lowest BCUT2D eigenvalue weighted by molar-refractivity contribution is 0.302. The maximum Gasteiger partial charge on any atom is 0.147 e. The van der Waals surface area contributed by atoms with Crippen molar-refractivity contribution >= 4 is 5.82 Å². The molecule has 1 aromatic rings. The van der Waals surface area contributed by atoms with Crippen LogP contribution in [-0.2, 0) is 0 Å². The Morgan fingerprint density at radius 2 is 2.29 bits per heavy atom. The summed E-state index contributed by atoms with van der Waals surface area (Å²) >= 11 is 0. The Balaban J connectivity index is 3.25. The van der Waals surface area contributed by atoms with Crippen molar-refractivity contribution < 1.29 is 5.11 Å². The first-order chi connectivity index (χ1) is 8.13. The number of anilines is 1. The zero-order chi connectivity index (χ0) is 12.8. The highest BCUT2D eigenvalue weighted by Crippen LogP contribution is 2.21. The van der Waals surface area contributed by atoms with E-state index in [2.05, 4.69) is 17.6 Å². The average molecular weight is 231 g/mol. The first kappa shape index (κ1) is 13.2. The summed E-state index contributed by atoms with van der Waals surface area (Å²) in [4.78, 5) is 6.24. The topological polar surface area (TPSA) is 60.1 Å². The van der Waals surface area contributed by atoms with E-state index in [1.807, 2.05) is 24.8 Å². The number of pyridine rings is 1. The summed E-state index contributed by atoms with van der Waals surface area (Å²) in [7, 11) is 0. The van der Waals surface area contributed by atoms with Gasteiger partial charge in [0.1, 0.15) is 11.9 Å². The minimum Gasteiger partial charge on any atom is -0.395 e. The Bertz CT molecular complexity index is 449. The number of aromatic nitrogens is 1. The largest absolute Gasteiger partial charge is 0.395 e. The van der Waals surface area contributed by atoms with Gasteiger partial charge in [-0.25, -0.2) is 4.98 Å². The van der Waals surface area contributed by atoms with E-state index in [1.54, 1.807) is 6.08 Å². The predicted molar refractivity (Wildman–Crippen MR) is 67.9 cm³/mol. The van der Waals surface area contributed by atoms with Crippen LogP contribution in [0.4, 0.5) is 5.82 Å². The highest BCUT2D eigenvalue weighted by atomic mass is 16.3. The zero-order valence-corrected chi connectivity index (χ0v) is 10.3. The Labute approximate surface area is 102 Å². The fourth-order valence-corrected chi connectivity index (χ4v) is 1.74. The van der Waals surface area contributed by atoms with Gasteiger partial charge in [0.15, 0.2) is 0 Å². The van der Waals surface area contributed by atoms with Gasteiger partial charge in [-0.1, -0.05) is 6.08 Å². The van der Waals surface area contributed by atoms with Gasteiger partial charge >= 0.3 is 0 Å². The third-order valence-electron chi connectivity index (χ3n) is 2.46. The average Bonchev–Trinajstić information content (AvgIpc) is 2.28. The first-order valence-corrected chi connectivity index (χ1v) is 5.49. The maximum atomic E-state index is 9.17. The monoisotopic (exact) mass is 231 g/mol. The van der Waals surface area contributed by atoms with Gasteiger partial charge in [-0.2, -0.15) is 5.26 Å². The van der Waals surface area contributed by atoms with Gasteiger partial charge in [-0.15, -0.1) is 6.58 Å². The van der Waals surface area contributed by atoms with E-state index in [-0.39, 0.29) is 6.61 Å². The minimum atomic E-state index is 0.0212. The van der Waals surface area contributed by atoms with Crippen LogP contribution in [0.15, 0.2) is 18.7 Å². The molecule has 0 atom stereocenters.